The molecule has 4 heteroatoms. The summed E-state index contributed by atoms with van der Waals surface area (Å²) in [6.45, 7) is 0. The van der Waals surface area contributed by atoms with Crippen LogP contribution in [0.25, 0.3) is 10.1 Å². The summed E-state index contributed by atoms with van der Waals surface area (Å²) in [5, 5.41) is 1.23. The molecule has 0 aliphatic rings. The van der Waals surface area contributed by atoms with Gasteiger partial charge in [-0.25, -0.2) is 4.39 Å². The lowest BCUT2D eigenvalue weighted by molar-refractivity contribution is 0.559. The lowest BCUT2D eigenvalue weighted by Crippen LogP contribution is -2.28. The van der Waals surface area contributed by atoms with Crippen molar-refractivity contribution in [3.05, 3.63) is 70.9 Å². The first kappa shape index (κ1) is 13.2. The fourth-order valence-corrected chi connectivity index (χ4v) is 3.40. The Hall–Kier alpha value is -1.75. The molecule has 1 atom stereocenters. The van der Waals surface area contributed by atoms with Crippen molar-refractivity contribution >= 4 is 21.4 Å². The highest BCUT2D eigenvalue weighted by Gasteiger charge is 2.13. The number of hydrogen-bond donors (Lipinski definition) is 2. The number of nitrogens with two attached hydrogens (primary N) is 1. The Morgan fingerprint density at radius 1 is 1.10 bits per heavy atom. The van der Waals surface area contributed by atoms with Crippen molar-refractivity contribution in [2.45, 2.75) is 12.5 Å². The second-order valence-electron chi connectivity index (χ2n) is 4.74. The summed E-state index contributed by atoms with van der Waals surface area (Å²) in [4.78, 5) is 1.19. The van der Waals surface area contributed by atoms with E-state index >= 15 is 0 Å². The van der Waals surface area contributed by atoms with Crippen molar-refractivity contribution in [3.63, 3.8) is 0 Å². The van der Waals surface area contributed by atoms with Crippen molar-refractivity contribution < 1.29 is 4.39 Å². The van der Waals surface area contributed by atoms with Crippen LogP contribution in [0.1, 0.15) is 16.5 Å². The fraction of sp³-hybridized carbons (Fsp3) is 0.125. The molecule has 102 valence electrons. The molecule has 0 saturated carbocycles. The van der Waals surface area contributed by atoms with Gasteiger partial charge in [0.1, 0.15) is 5.82 Å². The van der Waals surface area contributed by atoms with Gasteiger partial charge in [-0.05, 0) is 41.6 Å². The van der Waals surface area contributed by atoms with Gasteiger partial charge in [0.05, 0.1) is 6.04 Å². The molecule has 0 saturated heterocycles. The highest BCUT2D eigenvalue weighted by molar-refractivity contribution is 7.19. The Kier molecular flexibility index (Phi) is 3.78. The van der Waals surface area contributed by atoms with Crippen LogP contribution >= 0.6 is 11.3 Å². The Balaban J connectivity index is 1.87. The summed E-state index contributed by atoms with van der Waals surface area (Å²) >= 11 is 1.74. The predicted molar refractivity (Wildman–Crippen MR) is 82.0 cm³/mol. The summed E-state index contributed by atoms with van der Waals surface area (Å²) in [6, 6.07) is 17.0. The maximum absolute atomic E-state index is 12.9. The molecular weight excluding hydrogens is 271 g/mol. The molecule has 0 aliphatic carbocycles. The van der Waals surface area contributed by atoms with Gasteiger partial charge in [0, 0.05) is 9.58 Å². The molecule has 2 aromatic carbocycles. The second kappa shape index (κ2) is 5.71. The standard InChI is InChI=1S/C16H15FN2S/c17-13-7-5-11(6-8-13)9-14(19-18)16-10-12-3-1-2-4-15(12)20-16/h1-8,10,14,19H,9,18H2. The van der Waals surface area contributed by atoms with Crippen molar-refractivity contribution in [1.82, 2.24) is 5.43 Å². The summed E-state index contributed by atoms with van der Waals surface area (Å²) < 4.78 is 14.2. The first-order chi connectivity index (χ1) is 9.76. The van der Waals surface area contributed by atoms with Crippen LogP contribution in [0.4, 0.5) is 4.39 Å². The average Bonchev–Trinajstić information content (AvgIpc) is 2.90. The van der Waals surface area contributed by atoms with E-state index in [0.717, 1.165) is 12.0 Å². The molecule has 1 aromatic heterocycles. The summed E-state index contributed by atoms with van der Waals surface area (Å²) in [5.41, 5.74) is 3.92. The number of hydrogen-bond acceptors (Lipinski definition) is 3. The first-order valence-electron chi connectivity index (χ1n) is 6.45. The Labute approximate surface area is 121 Å². The molecule has 0 radical (unpaired) electrons. The molecule has 3 rings (SSSR count). The summed E-state index contributed by atoms with van der Waals surface area (Å²) in [7, 11) is 0. The number of benzene rings is 2. The van der Waals surface area contributed by atoms with Crippen LogP contribution < -0.4 is 11.3 Å². The van der Waals surface area contributed by atoms with Crippen molar-refractivity contribution in [2.75, 3.05) is 0 Å². The molecule has 0 bridgehead atoms. The quantitative estimate of drug-likeness (QED) is 0.565. The number of rotatable bonds is 4. The molecule has 1 heterocycles. The summed E-state index contributed by atoms with van der Waals surface area (Å²) in [5.74, 6) is 5.47. The zero-order chi connectivity index (χ0) is 13.9. The fourth-order valence-electron chi connectivity index (χ4n) is 2.27. The Morgan fingerprint density at radius 2 is 1.85 bits per heavy atom. The highest BCUT2D eigenvalue weighted by Crippen LogP contribution is 2.31. The van der Waals surface area contributed by atoms with Gasteiger partial charge in [-0.2, -0.15) is 0 Å². The van der Waals surface area contributed by atoms with Crippen LogP contribution in [0.15, 0.2) is 54.6 Å². The number of nitrogens with one attached hydrogen (secondary N) is 1. The van der Waals surface area contributed by atoms with Crippen LogP contribution in [0.3, 0.4) is 0 Å². The van der Waals surface area contributed by atoms with Crippen LogP contribution in [0.5, 0.6) is 0 Å². The molecule has 0 amide bonds. The van der Waals surface area contributed by atoms with Gasteiger partial charge in [0.15, 0.2) is 0 Å². The van der Waals surface area contributed by atoms with Gasteiger partial charge in [-0.1, -0.05) is 30.3 Å². The number of thiophene rings is 1. The SMILES string of the molecule is NNC(Cc1ccc(F)cc1)c1cc2ccccc2s1. The van der Waals surface area contributed by atoms with Gasteiger partial charge < -0.3 is 0 Å². The zero-order valence-corrected chi connectivity index (χ0v) is 11.7. The van der Waals surface area contributed by atoms with E-state index in [4.69, 9.17) is 5.84 Å². The van der Waals surface area contributed by atoms with Gasteiger partial charge in [0.25, 0.3) is 0 Å². The zero-order valence-electron chi connectivity index (χ0n) is 10.8. The normalized spacial score (nSPS) is 12.7. The van der Waals surface area contributed by atoms with Crippen molar-refractivity contribution in [2.24, 2.45) is 5.84 Å². The van der Waals surface area contributed by atoms with Crippen LogP contribution in [-0.4, -0.2) is 0 Å². The minimum absolute atomic E-state index is 0.0397. The molecule has 0 aliphatic heterocycles. The van der Waals surface area contributed by atoms with Crippen LogP contribution in [0, 0.1) is 5.82 Å². The van der Waals surface area contributed by atoms with Crippen molar-refractivity contribution in [1.29, 1.82) is 0 Å². The number of hydrazine groups is 1. The van der Waals surface area contributed by atoms with E-state index in [1.807, 2.05) is 12.1 Å². The lowest BCUT2D eigenvalue weighted by atomic mass is 10.0. The average molecular weight is 286 g/mol. The smallest absolute Gasteiger partial charge is 0.123 e. The topological polar surface area (TPSA) is 38.0 Å². The van der Waals surface area contributed by atoms with Gasteiger partial charge in [0.2, 0.25) is 0 Å². The van der Waals surface area contributed by atoms with E-state index < -0.39 is 0 Å². The van der Waals surface area contributed by atoms with E-state index in [2.05, 4.69) is 23.6 Å². The number of fused-ring (bicyclic) bond motifs is 1. The molecule has 3 N–H and O–H groups in total. The molecule has 20 heavy (non-hydrogen) atoms. The maximum Gasteiger partial charge on any atom is 0.123 e. The largest absolute Gasteiger partial charge is 0.271 e. The Morgan fingerprint density at radius 3 is 2.55 bits per heavy atom. The van der Waals surface area contributed by atoms with E-state index in [0.29, 0.717) is 0 Å². The lowest BCUT2D eigenvalue weighted by Gasteiger charge is -2.14. The van der Waals surface area contributed by atoms with E-state index in [1.54, 1.807) is 23.5 Å². The van der Waals surface area contributed by atoms with Gasteiger partial charge in [-0.3, -0.25) is 11.3 Å². The molecule has 0 spiro atoms. The third-order valence-corrected chi connectivity index (χ3v) is 4.57. The number of halogens is 1. The van der Waals surface area contributed by atoms with E-state index in [-0.39, 0.29) is 11.9 Å². The molecule has 0 fully saturated rings. The van der Waals surface area contributed by atoms with Gasteiger partial charge >= 0.3 is 0 Å². The molecule has 1 unspecified atom stereocenters. The molecular formula is C16H15FN2S. The second-order valence-corrected chi connectivity index (χ2v) is 5.85. The minimum atomic E-state index is -0.215. The first-order valence-corrected chi connectivity index (χ1v) is 7.27. The van der Waals surface area contributed by atoms with Gasteiger partial charge in [-0.15, -0.1) is 11.3 Å². The Bertz CT molecular complexity index is 673. The maximum atomic E-state index is 12.9. The summed E-state index contributed by atoms with van der Waals surface area (Å²) in [6.07, 6.45) is 0.740. The highest BCUT2D eigenvalue weighted by atomic mass is 32.1. The molecule has 3 aromatic rings. The van der Waals surface area contributed by atoms with E-state index in [9.17, 15) is 4.39 Å². The predicted octanol–water partition coefficient (Wildman–Crippen LogP) is 3.79. The van der Waals surface area contributed by atoms with E-state index in [1.165, 1.54) is 27.1 Å². The third kappa shape index (κ3) is 2.72. The minimum Gasteiger partial charge on any atom is -0.271 e. The molecule has 2 nitrogen and oxygen atoms in total. The monoisotopic (exact) mass is 286 g/mol. The third-order valence-electron chi connectivity index (χ3n) is 3.34. The van der Waals surface area contributed by atoms with Crippen LogP contribution in [0.2, 0.25) is 0 Å². The van der Waals surface area contributed by atoms with Crippen molar-refractivity contribution in [3.8, 4) is 0 Å². The van der Waals surface area contributed by atoms with Crippen LogP contribution in [-0.2, 0) is 6.42 Å².